The summed E-state index contributed by atoms with van der Waals surface area (Å²) in [5.41, 5.74) is 1.16. The topological polar surface area (TPSA) is 37.4 Å². The maximum atomic E-state index is 11.5. The summed E-state index contributed by atoms with van der Waals surface area (Å²) in [6, 6.07) is 2.01. The fourth-order valence-corrected chi connectivity index (χ4v) is 2.89. The molecule has 0 bridgehead atoms. The van der Waals surface area contributed by atoms with Gasteiger partial charge in [0.1, 0.15) is 0 Å². The summed E-state index contributed by atoms with van der Waals surface area (Å²) in [6.07, 6.45) is 0. The molecular weight excluding hydrogens is 218 g/mol. The van der Waals surface area contributed by atoms with Gasteiger partial charge in [-0.05, 0) is 30.9 Å². The normalized spacial score (nSPS) is 12.3. The Hall–Kier alpha value is -0.390. The summed E-state index contributed by atoms with van der Waals surface area (Å²) in [6.45, 7) is 4.14. The minimum Gasteiger partial charge on any atom is -0.212 e. The highest BCUT2D eigenvalue weighted by Crippen LogP contribution is 2.18. The molecule has 0 amide bonds. The van der Waals surface area contributed by atoms with Crippen LogP contribution < -0.4 is 0 Å². The number of hydrogen-bond donors (Lipinski definition) is 0. The maximum Gasteiger partial charge on any atom is 0.213 e. The average molecular weight is 233 g/mol. The molecule has 0 N–H and O–H groups in total. The van der Waals surface area contributed by atoms with Gasteiger partial charge in [0.25, 0.3) is 0 Å². The Kier molecular flexibility index (Phi) is 3.69. The van der Waals surface area contributed by atoms with E-state index in [-0.39, 0.29) is 5.75 Å². The summed E-state index contributed by atoms with van der Waals surface area (Å²) in [4.78, 5) is 1.12. The quantitative estimate of drug-likeness (QED) is 0.795. The molecule has 0 aliphatic carbocycles. The molecule has 0 fully saturated rings. The Balaban J connectivity index is 2.76. The van der Waals surface area contributed by atoms with E-state index in [1.165, 1.54) is 4.31 Å². The average Bonchev–Trinajstić information content (AvgIpc) is 2.52. The smallest absolute Gasteiger partial charge is 0.212 e. The molecule has 0 saturated heterocycles. The van der Waals surface area contributed by atoms with E-state index >= 15 is 0 Å². The van der Waals surface area contributed by atoms with Gasteiger partial charge in [-0.3, -0.25) is 0 Å². The minimum absolute atomic E-state index is 0.161. The van der Waals surface area contributed by atoms with Crippen molar-refractivity contribution in [2.75, 3.05) is 12.8 Å². The van der Waals surface area contributed by atoms with Crippen molar-refractivity contribution in [3.8, 4) is 0 Å². The summed E-state index contributed by atoms with van der Waals surface area (Å²) in [5, 5.41) is 1.98. The summed E-state index contributed by atoms with van der Waals surface area (Å²) < 4.78 is 24.3. The second kappa shape index (κ2) is 4.42. The van der Waals surface area contributed by atoms with Gasteiger partial charge < -0.3 is 0 Å². The van der Waals surface area contributed by atoms with Gasteiger partial charge in [0.15, 0.2) is 0 Å². The van der Waals surface area contributed by atoms with Gasteiger partial charge >= 0.3 is 0 Å². The van der Waals surface area contributed by atoms with Gasteiger partial charge in [-0.15, -0.1) is 11.3 Å². The number of sulfonamides is 1. The molecule has 5 heteroatoms. The summed E-state index contributed by atoms with van der Waals surface area (Å²) in [7, 11) is -1.43. The zero-order valence-electron chi connectivity index (χ0n) is 8.65. The van der Waals surface area contributed by atoms with Crippen LogP contribution in [-0.4, -0.2) is 25.5 Å². The number of nitrogens with zero attached hydrogens (tertiary/aromatic N) is 1. The highest BCUT2D eigenvalue weighted by molar-refractivity contribution is 7.89. The third-order valence-corrected chi connectivity index (χ3v) is 4.99. The monoisotopic (exact) mass is 233 g/mol. The predicted molar refractivity (Wildman–Crippen MR) is 60.0 cm³/mol. The highest BCUT2D eigenvalue weighted by atomic mass is 32.2. The van der Waals surface area contributed by atoms with Crippen LogP contribution in [-0.2, 0) is 16.6 Å². The van der Waals surface area contributed by atoms with Crippen molar-refractivity contribution in [1.29, 1.82) is 0 Å². The molecule has 0 unspecified atom stereocenters. The van der Waals surface area contributed by atoms with E-state index in [9.17, 15) is 8.42 Å². The molecule has 1 rings (SSSR count). The van der Waals surface area contributed by atoms with Crippen molar-refractivity contribution in [1.82, 2.24) is 4.31 Å². The first-order valence-corrected chi connectivity index (χ1v) is 6.93. The van der Waals surface area contributed by atoms with E-state index in [0.717, 1.165) is 10.4 Å². The predicted octanol–water partition coefficient (Wildman–Crippen LogP) is 1.84. The first kappa shape index (κ1) is 11.7. The van der Waals surface area contributed by atoms with Crippen molar-refractivity contribution in [3.63, 3.8) is 0 Å². The molecule has 1 aromatic rings. The van der Waals surface area contributed by atoms with Crippen LogP contribution in [0.1, 0.15) is 17.4 Å². The molecule has 1 aromatic heterocycles. The second-order valence-corrected chi connectivity index (χ2v) is 6.55. The lowest BCUT2D eigenvalue weighted by Gasteiger charge is -2.15. The molecule has 80 valence electrons. The molecule has 0 aromatic carbocycles. The van der Waals surface area contributed by atoms with Gasteiger partial charge in [-0.25, -0.2) is 8.42 Å². The van der Waals surface area contributed by atoms with E-state index in [4.69, 9.17) is 0 Å². The summed E-state index contributed by atoms with van der Waals surface area (Å²) in [5.74, 6) is 0.161. The van der Waals surface area contributed by atoms with Crippen molar-refractivity contribution in [2.24, 2.45) is 0 Å². The lowest BCUT2D eigenvalue weighted by molar-refractivity contribution is 0.470. The molecule has 14 heavy (non-hydrogen) atoms. The first-order valence-electron chi connectivity index (χ1n) is 4.44. The van der Waals surface area contributed by atoms with E-state index in [0.29, 0.717) is 6.54 Å². The molecule has 0 saturated carbocycles. The number of rotatable bonds is 4. The molecule has 0 aliphatic heterocycles. The molecule has 0 spiro atoms. The zero-order chi connectivity index (χ0) is 10.8. The van der Waals surface area contributed by atoms with Crippen LogP contribution in [0.3, 0.4) is 0 Å². The van der Waals surface area contributed by atoms with Crippen LogP contribution in [0.2, 0.25) is 0 Å². The van der Waals surface area contributed by atoms with Crippen molar-refractivity contribution < 1.29 is 8.42 Å². The van der Waals surface area contributed by atoms with Crippen LogP contribution in [0.15, 0.2) is 11.4 Å². The van der Waals surface area contributed by atoms with E-state index in [2.05, 4.69) is 0 Å². The molecule has 0 atom stereocenters. The Labute approximate surface area is 89.4 Å². The Morgan fingerprint density at radius 3 is 2.57 bits per heavy atom. The van der Waals surface area contributed by atoms with Crippen LogP contribution in [0.25, 0.3) is 0 Å². The zero-order valence-corrected chi connectivity index (χ0v) is 10.3. The Morgan fingerprint density at radius 1 is 1.50 bits per heavy atom. The Morgan fingerprint density at radius 2 is 2.14 bits per heavy atom. The number of thiophene rings is 1. The first-order chi connectivity index (χ1) is 6.47. The third-order valence-electron chi connectivity index (χ3n) is 2.17. The fourth-order valence-electron chi connectivity index (χ4n) is 1.09. The molecular formula is C9H15NO2S2. The van der Waals surface area contributed by atoms with E-state index in [1.54, 1.807) is 25.3 Å². The van der Waals surface area contributed by atoms with Gasteiger partial charge in [-0.2, -0.15) is 4.31 Å². The maximum absolute atomic E-state index is 11.5. The SMILES string of the molecule is CCS(=O)(=O)N(C)Cc1sccc1C. The Bertz CT molecular complexity index is 395. The molecule has 0 radical (unpaired) electrons. The van der Waals surface area contributed by atoms with Gasteiger partial charge in [0, 0.05) is 18.5 Å². The lowest BCUT2D eigenvalue weighted by atomic mass is 10.3. The number of hydrogen-bond acceptors (Lipinski definition) is 3. The fraction of sp³-hybridized carbons (Fsp3) is 0.556. The van der Waals surface area contributed by atoms with Crippen molar-refractivity contribution in [2.45, 2.75) is 20.4 Å². The molecule has 3 nitrogen and oxygen atoms in total. The second-order valence-electron chi connectivity index (χ2n) is 3.18. The third kappa shape index (κ3) is 2.56. The van der Waals surface area contributed by atoms with Crippen LogP contribution in [0.4, 0.5) is 0 Å². The molecule has 1 heterocycles. The van der Waals surface area contributed by atoms with Crippen molar-refractivity contribution in [3.05, 3.63) is 21.9 Å². The van der Waals surface area contributed by atoms with Gasteiger partial charge in [0.2, 0.25) is 10.0 Å². The van der Waals surface area contributed by atoms with Gasteiger partial charge in [-0.1, -0.05) is 0 Å². The highest BCUT2D eigenvalue weighted by Gasteiger charge is 2.16. The number of aryl methyl sites for hydroxylation is 1. The van der Waals surface area contributed by atoms with Crippen LogP contribution >= 0.6 is 11.3 Å². The minimum atomic E-state index is -3.05. The molecule has 0 aliphatic rings. The van der Waals surface area contributed by atoms with Gasteiger partial charge in [0.05, 0.1) is 5.75 Å². The lowest BCUT2D eigenvalue weighted by Crippen LogP contribution is -2.27. The van der Waals surface area contributed by atoms with Crippen LogP contribution in [0.5, 0.6) is 0 Å². The largest absolute Gasteiger partial charge is 0.213 e. The van der Waals surface area contributed by atoms with E-state index in [1.807, 2.05) is 18.4 Å². The van der Waals surface area contributed by atoms with Crippen molar-refractivity contribution >= 4 is 21.4 Å². The van der Waals surface area contributed by atoms with E-state index < -0.39 is 10.0 Å². The summed E-state index contributed by atoms with van der Waals surface area (Å²) >= 11 is 1.60. The van der Waals surface area contributed by atoms with Crippen LogP contribution in [0, 0.1) is 6.92 Å². The standard InChI is InChI=1S/C9H15NO2S2/c1-4-14(11,12)10(3)7-9-8(2)5-6-13-9/h5-6H,4,7H2,1-3H3.